The number of furan rings is 1. The van der Waals surface area contributed by atoms with E-state index in [1.165, 1.54) is 11.1 Å². The van der Waals surface area contributed by atoms with E-state index in [4.69, 9.17) is 4.42 Å². The van der Waals surface area contributed by atoms with E-state index in [0.717, 1.165) is 36.3 Å². The molecule has 0 fully saturated rings. The molecule has 26 heavy (non-hydrogen) atoms. The summed E-state index contributed by atoms with van der Waals surface area (Å²) >= 11 is 0. The van der Waals surface area contributed by atoms with Crippen molar-refractivity contribution in [2.75, 3.05) is 5.32 Å². The fourth-order valence-corrected chi connectivity index (χ4v) is 4.27. The summed E-state index contributed by atoms with van der Waals surface area (Å²) in [7, 11) is 0. The van der Waals surface area contributed by atoms with Crippen LogP contribution < -0.4 is 5.32 Å². The lowest BCUT2D eigenvalue weighted by Gasteiger charge is -2.50. The quantitative estimate of drug-likeness (QED) is 0.756. The number of nitrogens with zero attached hydrogens (tertiary/aromatic N) is 1. The van der Waals surface area contributed by atoms with Crippen molar-refractivity contribution in [2.45, 2.75) is 31.5 Å². The molecule has 2 heterocycles. The number of fused-ring (bicyclic) bond motifs is 2. The van der Waals surface area contributed by atoms with Gasteiger partial charge in [-0.2, -0.15) is 0 Å². The molecule has 3 aromatic rings. The molecule has 2 aliphatic rings. The average molecular weight is 344 g/mol. The first-order valence-electron chi connectivity index (χ1n) is 9.04. The zero-order valence-electron chi connectivity index (χ0n) is 14.4. The van der Waals surface area contributed by atoms with E-state index in [1.807, 2.05) is 41.3 Å². The third-order valence-electron chi connectivity index (χ3n) is 5.59. The van der Waals surface area contributed by atoms with Gasteiger partial charge >= 0.3 is 0 Å². The van der Waals surface area contributed by atoms with Crippen molar-refractivity contribution in [2.24, 2.45) is 0 Å². The van der Waals surface area contributed by atoms with Crippen LogP contribution in [-0.2, 0) is 19.4 Å². The van der Waals surface area contributed by atoms with Crippen LogP contribution in [0, 0.1) is 0 Å². The summed E-state index contributed by atoms with van der Waals surface area (Å²) in [5.74, 6) is 0.868. The third-order valence-corrected chi connectivity index (χ3v) is 5.59. The van der Waals surface area contributed by atoms with Crippen molar-refractivity contribution in [1.82, 2.24) is 4.90 Å². The number of anilines is 1. The van der Waals surface area contributed by atoms with Gasteiger partial charge in [0.1, 0.15) is 11.4 Å². The number of carbonyl (C=O) groups excluding carboxylic acids is 1. The van der Waals surface area contributed by atoms with E-state index in [1.54, 1.807) is 6.26 Å². The fraction of sp³-hybridized carbons (Fsp3) is 0.227. The predicted octanol–water partition coefficient (Wildman–Crippen LogP) is 4.23. The zero-order valence-corrected chi connectivity index (χ0v) is 14.4. The number of aryl methyl sites for hydroxylation is 1. The average Bonchev–Trinajstić information content (AvgIpc) is 3.18. The highest BCUT2D eigenvalue weighted by molar-refractivity contribution is 6.02. The molecule has 1 aromatic heterocycles. The molecule has 0 bridgehead atoms. The van der Waals surface area contributed by atoms with E-state index in [0.29, 0.717) is 6.54 Å². The molecule has 130 valence electrons. The molecule has 2 aromatic carbocycles. The highest BCUT2D eigenvalue weighted by atomic mass is 16.3. The highest BCUT2D eigenvalue weighted by Crippen LogP contribution is 2.40. The van der Waals surface area contributed by atoms with Crippen molar-refractivity contribution in [3.63, 3.8) is 0 Å². The Kier molecular flexibility index (Phi) is 3.38. The van der Waals surface area contributed by atoms with Gasteiger partial charge in [0.05, 0.1) is 18.4 Å². The molecule has 1 aliphatic heterocycles. The van der Waals surface area contributed by atoms with Crippen LogP contribution in [0.5, 0.6) is 0 Å². The summed E-state index contributed by atoms with van der Waals surface area (Å²) in [6.45, 7) is 0.468. The maximum absolute atomic E-state index is 13.4. The Balaban J connectivity index is 1.60. The van der Waals surface area contributed by atoms with Gasteiger partial charge in [0, 0.05) is 12.1 Å². The minimum Gasteiger partial charge on any atom is -0.467 e. The third kappa shape index (κ3) is 2.33. The molecule has 4 heteroatoms. The van der Waals surface area contributed by atoms with E-state index in [2.05, 4.69) is 29.6 Å². The van der Waals surface area contributed by atoms with Gasteiger partial charge in [-0.15, -0.1) is 0 Å². The number of hydrogen-bond donors (Lipinski definition) is 1. The van der Waals surface area contributed by atoms with Gasteiger partial charge in [0.25, 0.3) is 5.91 Å². The SMILES string of the molecule is O=C1c2ccccc2N[C@@]2(CCc3ccccc3C2)N1Cc1ccco1. The van der Waals surface area contributed by atoms with Crippen molar-refractivity contribution in [3.05, 3.63) is 89.4 Å². The second-order valence-electron chi connectivity index (χ2n) is 7.12. The van der Waals surface area contributed by atoms with Gasteiger partial charge in [-0.25, -0.2) is 0 Å². The molecule has 1 amide bonds. The molecular formula is C22H20N2O2. The Morgan fingerprint density at radius 3 is 2.65 bits per heavy atom. The van der Waals surface area contributed by atoms with Crippen molar-refractivity contribution in [3.8, 4) is 0 Å². The molecule has 1 aliphatic carbocycles. The number of hydrogen-bond acceptors (Lipinski definition) is 3. The minimum absolute atomic E-state index is 0.0649. The van der Waals surface area contributed by atoms with Gasteiger partial charge in [-0.05, 0) is 48.2 Å². The van der Waals surface area contributed by atoms with Gasteiger partial charge in [-0.1, -0.05) is 36.4 Å². The number of para-hydroxylation sites is 1. The molecule has 1 atom stereocenters. The molecule has 1 spiro atoms. The number of nitrogens with one attached hydrogen (secondary N) is 1. The molecule has 0 saturated heterocycles. The Bertz CT molecular complexity index is 964. The molecule has 0 unspecified atom stereocenters. The number of rotatable bonds is 2. The summed E-state index contributed by atoms with van der Waals surface area (Å²) < 4.78 is 5.55. The summed E-state index contributed by atoms with van der Waals surface area (Å²) in [6.07, 6.45) is 4.29. The van der Waals surface area contributed by atoms with E-state index in [-0.39, 0.29) is 5.91 Å². The Hall–Kier alpha value is -3.01. The first kappa shape index (κ1) is 15.3. The molecule has 1 N–H and O–H groups in total. The van der Waals surface area contributed by atoms with Crippen LogP contribution in [0.4, 0.5) is 5.69 Å². The number of carbonyl (C=O) groups is 1. The summed E-state index contributed by atoms with van der Waals surface area (Å²) in [5.41, 5.74) is 3.91. The van der Waals surface area contributed by atoms with E-state index < -0.39 is 5.66 Å². The first-order chi connectivity index (χ1) is 12.8. The summed E-state index contributed by atoms with van der Waals surface area (Å²) in [5, 5.41) is 3.71. The predicted molar refractivity (Wildman–Crippen MR) is 99.8 cm³/mol. The van der Waals surface area contributed by atoms with Crippen LogP contribution in [0.1, 0.15) is 33.7 Å². The lowest BCUT2D eigenvalue weighted by molar-refractivity contribution is 0.0413. The van der Waals surface area contributed by atoms with Crippen molar-refractivity contribution in [1.29, 1.82) is 0 Å². The Morgan fingerprint density at radius 2 is 1.81 bits per heavy atom. The standard InChI is InChI=1S/C22H20N2O2/c25-21-19-9-3-4-10-20(19)23-22(24(21)15-18-8-5-13-26-18)12-11-16-6-1-2-7-17(16)14-22/h1-10,13,23H,11-12,14-15H2/t22-/m0/s1. The molecular weight excluding hydrogens is 324 g/mol. The van der Waals surface area contributed by atoms with Crippen molar-refractivity contribution >= 4 is 11.6 Å². The van der Waals surface area contributed by atoms with Crippen LogP contribution >= 0.6 is 0 Å². The number of benzene rings is 2. The molecule has 0 saturated carbocycles. The summed E-state index contributed by atoms with van der Waals surface area (Å²) in [4.78, 5) is 15.3. The number of amides is 1. The van der Waals surface area contributed by atoms with Gasteiger partial charge < -0.3 is 14.6 Å². The normalized spacial score (nSPS) is 21.2. The Labute approximate surface area is 152 Å². The molecule has 4 nitrogen and oxygen atoms in total. The smallest absolute Gasteiger partial charge is 0.258 e. The maximum atomic E-state index is 13.4. The van der Waals surface area contributed by atoms with Crippen LogP contribution in [0.25, 0.3) is 0 Å². The maximum Gasteiger partial charge on any atom is 0.258 e. The lowest BCUT2D eigenvalue weighted by Crippen LogP contribution is -2.62. The first-order valence-corrected chi connectivity index (χ1v) is 9.04. The van der Waals surface area contributed by atoms with Crippen LogP contribution in [0.15, 0.2) is 71.3 Å². The second-order valence-corrected chi connectivity index (χ2v) is 7.12. The topological polar surface area (TPSA) is 45.5 Å². The van der Waals surface area contributed by atoms with Crippen LogP contribution in [-0.4, -0.2) is 16.5 Å². The zero-order chi connectivity index (χ0) is 17.6. The second kappa shape index (κ2) is 5.77. The van der Waals surface area contributed by atoms with Gasteiger partial charge in [0.2, 0.25) is 0 Å². The van der Waals surface area contributed by atoms with E-state index in [9.17, 15) is 4.79 Å². The van der Waals surface area contributed by atoms with Crippen LogP contribution in [0.3, 0.4) is 0 Å². The largest absolute Gasteiger partial charge is 0.467 e. The van der Waals surface area contributed by atoms with Gasteiger partial charge in [-0.3, -0.25) is 4.79 Å². The van der Waals surface area contributed by atoms with Crippen molar-refractivity contribution < 1.29 is 9.21 Å². The van der Waals surface area contributed by atoms with Gasteiger partial charge in [0.15, 0.2) is 0 Å². The fourth-order valence-electron chi connectivity index (χ4n) is 4.27. The van der Waals surface area contributed by atoms with E-state index >= 15 is 0 Å². The monoisotopic (exact) mass is 344 g/mol. The van der Waals surface area contributed by atoms with Crippen LogP contribution in [0.2, 0.25) is 0 Å². The minimum atomic E-state index is -0.424. The molecule has 0 radical (unpaired) electrons. The Morgan fingerprint density at radius 1 is 1.00 bits per heavy atom. The highest BCUT2D eigenvalue weighted by Gasteiger charge is 2.46. The lowest BCUT2D eigenvalue weighted by atomic mass is 9.80. The molecule has 5 rings (SSSR count). The summed E-state index contributed by atoms with van der Waals surface area (Å²) in [6, 6.07) is 20.1.